The van der Waals surface area contributed by atoms with Crippen molar-refractivity contribution in [2.75, 3.05) is 0 Å². The standard InChI is InChI=1S/C36H21NOS/c1-4-10-31-25(7-1)29-19-20-30-28-9-3-6-12-34(28)39-36(30)35(29)37(31)24-16-13-22(14-17-24)23-15-18-27-26-8-2-5-11-32(26)38-33(27)21-23/h1-21H. The van der Waals surface area contributed by atoms with Crippen LogP contribution in [0.15, 0.2) is 132 Å². The quantitative estimate of drug-likeness (QED) is 0.224. The molecule has 9 aromatic rings. The summed E-state index contributed by atoms with van der Waals surface area (Å²) in [5.41, 5.74) is 7.86. The molecule has 3 aromatic heterocycles. The van der Waals surface area contributed by atoms with E-state index in [1.807, 2.05) is 23.5 Å². The molecule has 6 aromatic carbocycles. The summed E-state index contributed by atoms with van der Waals surface area (Å²) in [6, 6.07) is 45.8. The van der Waals surface area contributed by atoms with Gasteiger partial charge in [-0.05, 0) is 53.6 Å². The molecule has 0 unspecified atom stereocenters. The van der Waals surface area contributed by atoms with Gasteiger partial charge in [0.15, 0.2) is 0 Å². The van der Waals surface area contributed by atoms with E-state index in [9.17, 15) is 0 Å². The zero-order chi connectivity index (χ0) is 25.5. The monoisotopic (exact) mass is 515 g/mol. The Morgan fingerprint density at radius 1 is 0.487 bits per heavy atom. The molecule has 2 nitrogen and oxygen atoms in total. The molecule has 182 valence electrons. The van der Waals surface area contributed by atoms with Crippen molar-refractivity contribution in [3.05, 3.63) is 127 Å². The highest BCUT2D eigenvalue weighted by atomic mass is 32.1. The van der Waals surface area contributed by atoms with Gasteiger partial charge in [-0.1, -0.05) is 84.9 Å². The molecule has 0 fully saturated rings. The van der Waals surface area contributed by atoms with E-state index in [4.69, 9.17) is 4.42 Å². The van der Waals surface area contributed by atoms with Crippen LogP contribution in [0.4, 0.5) is 0 Å². The number of fused-ring (bicyclic) bond motifs is 10. The number of benzene rings is 6. The van der Waals surface area contributed by atoms with Gasteiger partial charge in [-0.15, -0.1) is 11.3 Å². The molecule has 0 aliphatic rings. The lowest BCUT2D eigenvalue weighted by Crippen LogP contribution is -1.93. The molecule has 9 rings (SSSR count). The number of furan rings is 1. The summed E-state index contributed by atoms with van der Waals surface area (Å²) in [7, 11) is 0. The Morgan fingerprint density at radius 3 is 2.05 bits per heavy atom. The average molecular weight is 516 g/mol. The van der Waals surface area contributed by atoms with Crippen LogP contribution in [-0.4, -0.2) is 4.57 Å². The summed E-state index contributed by atoms with van der Waals surface area (Å²) in [6.45, 7) is 0. The van der Waals surface area contributed by atoms with Gasteiger partial charge in [0.1, 0.15) is 11.2 Å². The van der Waals surface area contributed by atoms with E-state index < -0.39 is 0 Å². The maximum atomic E-state index is 6.16. The van der Waals surface area contributed by atoms with Gasteiger partial charge in [-0.2, -0.15) is 0 Å². The maximum Gasteiger partial charge on any atom is 0.136 e. The molecule has 0 N–H and O–H groups in total. The first-order valence-electron chi connectivity index (χ1n) is 13.2. The molecule has 0 aliphatic carbocycles. The van der Waals surface area contributed by atoms with Crippen molar-refractivity contribution in [2.24, 2.45) is 0 Å². The van der Waals surface area contributed by atoms with Crippen LogP contribution >= 0.6 is 11.3 Å². The molecular weight excluding hydrogens is 494 g/mol. The van der Waals surface area contributed by atoms with Crippen LogP contribution in [0.2, 0.25) is 0 Å². The smallest absolute Gasteiger partial charge is 0.136 e. The number of rotatable bonds is 2. The van der Waals surface area contributed by atoms with Crippen molar-refractivity contribution in [3.63, 3.8) is 0 Å². The highest BCUT2D eigenvalue weighted by Crippen LogP contribution is 2.43. The Labute approximate surface area is 227 Å². The van der Waals surface area contributed by atoms with Crippen LogP contribution in [0.1, 0.15) is 0 Å². The minimum atomic E-state index is 0.923. The molecule has 0 aliphatic heterocycles. The zero-order valence-corrected chi connectivity index (χ0v) is 21.7. The molecule has 39 heavy (non-hydrogen) atoms. The summed E-state index contributed by atoms with van der Waals surface area (Å²) in [5, 5.41) is 7.54. The fourth-order valence-electron chi connectivity index (χ4n) is 6.21. The van der Waals surface area contributed by atoms with E-state index in [1.54, 1.807) is 0 Å². The number of hydrogen-bond acceptors (Lipinski definition) is 2. The SMILES string of the molecule is c1ccc2c(c1)oc1cc(-c3ccc(-n4c5ccccc5c5ccc6c7ccccc7sc6c54)cc3)ccc12. The second kappa shape index (κ2) is 7.83. The van der Waals surface area contributed by atoms with Gasteiger partial charge in [0.2, 0.25) is 0 Å². The topological polar surface area (TPSA) is 18.1 Å². The molecule has 3 heterocycles. The van der Waals surface area contributed by atoms with Crippen LogP contribution < -0.4 is 0 Å². The summed E-state index contributed by atoms with van der Waals surface area (Å²) in [6.07, 6.45) is 0. The second-order valence-corrected chi connectivity index (χ2v) is 11.2. The van der Waals surface area contributed by atoms with Crippen molar-refractivity contribution < 1.29 is 4.42 Å². The Balaban J connectivity index is 1.25. The largest absolute Gasteiger partial charge is 0.456 e. The Bertz CT molecular complexity index is 2380. The van der Waals surface area contributed by atoms with Gasteiger partial charge in [-0.3, -0.25) is 0 Å². The Kier molecular flexibility index (Phi) is 4.24. The molecule has 0 amide bonds. The number of para-hydroxylation sites is 2. The third-order valence-corrected chi connectivity index (χ3v) is 9.21. The molecule has 0 radical (unpaired) electrons. The van der Waals surface area contributed by atoms with E-state index >= 15 is 0 Å². The lowest BCUT2D eigenvalue weighted by molar-refractivity contribution is 0.669. The highest BCUT2D eigenvalue weighted by Gasteiger charge is 2.17. The Hall–Kier alpha value is -4.86. The Morgan fingerprint density at radius 2 is 1.15 bits per heavy atom. The van der Waals surface area contributed by atoms with Gasteiger partial charge >= 0.3 is 0 Å². The van der Waals surface area contributed by atoms with Crippen molar-refractivity contribution in [3.8, 4) is 16.8 Å². The highest BCUT2D eigenvalue weighted by molar-refractivity contribution is 7.26. The number of nitrogens with zero attached hydrogens (tertiary/aromatic N) is 1. The summed E-state index contributed by atoms with van der Waals surface area (Å²) < 4.78 is 11.3. The lowest BCUT2D eigenvalue weighted by Gasteiger charge is -2.10. The van der Waals surface area contributed by atoms with Crippen molar-refractivity contribution in [1.82, 2.24) is 4.57 Å². The molecule has 3 heteroatoms. The van der Waals surface area contributed by atoms with Crippen LogP contribution in [0, 0.1) is 0 Å². The second-order valence-electron chi connectivity index (χ2n) is 10.1. The third-order valence-electron chi connectivity index (χ3n) is 8.02. The summed E-state index contributed by atoms with van der Waals surface area (Å²) in [4.78, 5) is 0. The van der Waals surface area contributed by atoms with Crippen molar-refractivity contribution in [2.45, 2.75) is 0 Å². The normalized spacial score (nSPS) is 12.1. The fourth-order valence-corrected chi connectivity index (χ4v) is 7.45. The van der Waals surface area contributed by atoms with Crippen LogP contribution in [0.25, 0.3) is 80.7 Å². The third kappa shape index (κ3) is 2.96. The van der Waals surface area contributed by atoms with Crippen LogP contribution in [-0.2, 0) is 0 Å². The van der Waals surface area contributed by atoms with Gasteiger partial charge in [0, 0.05) is 42.7 Å². The number of hydrogen-bond donors (Lipinski definition) is 0. The minimum absolute atomic E-state index is 0.923. The predicted molar refractivity (Wildman–Crippen MR) is 166 cm³/mol. The lowest BCUT2D eigenvalue weighted by atomic mass is 10.0. The minimum Gasteiger partial charge on any atom is -0.456 e. The number of thiophene rings is 1. The molecule has 0 spiro atoms. The van der Waals surface area contributed by atoms with E-state index in [1.165, 1.54) is 53.2 Å². The van der Waals surface area contributed by atoms with Crippen molar-refractivity contribution >= 4 is 75.3 Å². The predicted octanol–water partition coefficient (Wildman–Crippen LogP) is 10.7. The molecule has 0 saturated heterocycles. The molecule has 0 saturated carbocycles. The molecule has 0 atom stereocenters. The van der Waals surface area contributed by atoms with E-state index in [-0.39, 0.29) is 0 Å². The van der Waals surface area contributed by atoms with E-state index in [0.717, 1.165) is 27.5 Å². The molecule has 0 bridgehead atoms. The average Bonchev–Trinajstić information content (AvgIpc) is 3.66. The van der Waals surface area contributed by atoms with Gasteiger partial charge in [-0.25, -0.2) is 0 Å². The van der Waals surface area contributed by atoms with Crippen molar-refractivity contribution in [1.29, 1.82) is 0 Å². The number of aromatic nitrogens is 1. The van der Waals surface area contributed by atoms with Crippen LogP contribution in [0.3, 0.4) is 0 Å². The van der Waals surface area contributed by atoms with E-state index in [0.29, 0.717) is 0 Å². The molecular formula is C36H21NOS. The maximum absolute atomic E-state index is 6.16. The van der Waals surface area contributed by atoms with Gasteiger partial charge in [0.25, 0.3) is 0 Å². The first-order valence-corrected chi connectivity index (χ1v) is 14.0. The van der Waals surface area contributed by atoms with Gasteiger partial charge in [0.05, 0.1) is 15.7 Å². The zero-order valence-electron chi connectivity index (χ0n) is 20.9. The summed E-state index contributed by atoms with van der Waals surface area (Å²) >= 11 is 1.89. The first-order chi connectivity index (χ1) is 19.3. The first kappa shape index (κ1) is 21.1. The summed E-state index contributed by atoms with van der Waals surface area (Å²) in [5.74, 6) is 0. The fraction of sp³-hybridized carbons (Fsp3) is 0. The van der Waals surface area contributed by atoms with E-state index in [2.05, 4.69) is 120 Å². The van der Waals surface area contributed by atoms with Gasteiger partial charge < -0.3 is 8.98 Å². The van der Waals surface area contributed by atoms with Crippen LogP contribution in [0.5, 0.6) is 0 Å².